The SMILES string of the molecule is CCCCC[C@H](O)CC[C@@H]1[C@H]2[C@H](F)C(/C=C/CCC(=O)OC)O[C@@H]2C[C@H]1O. The Labute approximate surface area is 161 Å². The van der Waals surface area contributed by atoms with Crippen molar-refractivity contribution in [2.75, 3.05) is 7.11 Å². The third kappa shape index (κ3) is 6.26. The number of carbonyl (C=O) groups excluding carboxylic acids is 1. The Hall–Kier alpha value is -0.980. The van der Waals surface area contributed by atoms with Crippen molar-refractivity contribution in [2.45, 2.75) is 95.3 Å². The Morgan fingerprint density at radius 3 is 2.85 bits per heavy atom. The lowest BCUT2D eigenvalue weighted by Crippen LogP contribution is -2.30. The van der Waals surface area contributed by atoms with Crippen molar-refractivity contribution < 1.29 is 28.9 Å². The summed E-state index contributed by atoms with van der Waals surface area (Å²) in [6.07, 6.45) is 6.88. The van der Waals surface area contributed by atoms with E-state index in [1.54, 1.807) is 12.2 Å². The van der Waals surface area contributed by atoms with Gasteiger partial charge in [0, 0.05) is 18.8 Å². The minimum atomic E-state index is -1.16. The number of unbranched alkanes of at least 4 members (excludes halogenated alkanes) is 2. The number of methoxy groups -OCH3 is 1. The van der Waals surface area contributed by atoms with E-state index in [0.717, 1.165) is 25.7 Å². The molecule has 2 rings (SSSR count). The third-order valence-electron chi connectivity index (χ3n) is 5.95. The van der Waals surface area contributed by atoms with Crippen LogP contribution in [0.25, 0.3) is 0 Å². The molecule has 1 heterocycles. The normalized spacial score (nSPS) is 34.1. The quantitative estimate of drug-likeness (QED) is 0.324. The van der Waals surface area contributed by atoms with Crippen molar-refractivity contribution in [3.05, 3.63) is 12.2 Å². The molecule has 0 radical (unpaired) electrons. The van der Waals surface area contributed by atoms with Crippen LogP contribution >= 0.6 is 0 Å². The summed E-state index contributed by atoms with van der Waals surface area (Å²) in [5.74, 6) is -0.779. The monoisotopic (exact) mass is 386 g/mol. The van der Waals surface area contributed by atoms with E-state index in [1.807, 2.05) is 0 Å². The molecule has 0 aromatic heterocycles. The molecule has 1 saturated carbocycles. The summed E-state index contributed by atoms with van der Waals surface area (Å²) in [5.41, 5.74) is 0. The van der Waals surface area contributed by atoms with E-state index in [-0.39, 0.29) is 36.4 Å². The fourth-order valence-electron chi connectivity index (χ4n) is 4.41. The Morgan fingerprint density at radius 1 is 1.37 bits per heavy atom. The van der Waals surface area contributed by atoms with Gasteiger partial charge >= 0.3 is 5.97 Å². The van der Waals surface area contributed by atoms with Crippen molar-refractivity contribution in [2.24, 2.45) is 11.8 Å². The van der Waals surface area contributed by atoms with E-state index in [0.29, 0.717) is 25.7 Å². The number of hydrogen-bond acceptors (Lipinski definition) is 5. The Bertz CT molecular complexity index is 483. The van der Waals surface area contributed by atoms with Crippen molar-refractivity contribution in [1.82, 2.24) is 0 Å². The van der Waals surface area contributed by atoms with Crippen molar-refractivity contribution in [1.29, 1.82) is 0 Å². The first-order valence-electron chi connectivity index (χ1n) is 10.4. The summed E-state index contributed by atoms with van der Waals surface area (Å²) < 4.78 is 25.3. The molecule has 0 aromatic rings. The number of hydrogen-bond donors (Lipinski definition) is 2. The van der Waals surface area contributed by atoms with Crippen LogP contribution in [0.15, 0.2) is 12.2 Å². The van der Waals surface area contributed by atoms with Gasteiger partial charge in [-0.15, -0.1) is 0 Å². The van der Waals surface area contributed by atoms with Gasteiger partial charge in [-0.2, -0.15) is 0 Å². The zero-order valence-corrected chi connectivity index (χ0v) is 16.6. The molecule has 7 atom stereocenters. The van der Waals surface area contributed by atoms with Gasteiger partial charge in [-0.1, -0.05) is 38.3 Å². The van der Waals surface area contributed by atoms with Crippen LogP contribution in [-0.2, 0) is 14.3 Å². The van der Waals surface area contributed by atoms with E-state index in [1.165, 1.54) is 7.11 Å². The topological polar surface area (TPSA) is 76.0 Å². The number of carbonyl (C=O) groups is 1. The molecule has 0 spiro atoms. The van der Waals surface area contributed by atoms with Crippen LogP contribution < -0.4 is 0 Å². The molecule has 0 aromatic carbocycles. The van der Waals surface area contributed by atoms with Gasteiger partial charge < -0.3 is 19.7 Å². The molecule has 2 N–H and O–H groups in total. The summed E-state index contributed by atoms with van der Waals surface area (Å²) in [4.78, 5) is 11.1. The van der Waals surface area contributed by atoms with E-state index in [4.69, 9.17) is 4.74 Å². The van der Waals surface area contributed by atoms with Gasteiger partial charge in [-0.05, 0) is 31.6 Å². The maximum atomic E-state index is 15.0. The molecule has 1 aliphatic heterocycles. The van der Waals surface area contributed by atoms with Crippen LogP contribution in [0.2, 0.25) is 0 Å². The highest BCUT2D eigenvalue weighted by Gasteiger charge is 2.54. The summed E-state index contributed by atoms with van der Waals surface area (Å²) >= 11 is 0. The molecule has 5 nitrogen and oxygen atoms in total. The first-order valence-corrected chi connectivity index (χ1v) is 10.4. The second-order valence-corrected chi connectivity index (χ2v) is 7.90. The predicted octanol–water partition coefficient (Wildman–Crippen LogP) is 3.32. The number of rotatable bonds is 11. The zero-order chi connectivity index (χ0) is 19.8. The lowest BCUT2D eigenvalue weighted by Gasteiger charge is -2.24. The fourth-order valence-corrected chi connectivity index (χ4v) is 4.41. The van der Waals surface area contributed by atoms with Crippen LogP contribution in [0.3, 0.4) is 0 Å². The zero-order valence-electron chi connectivity index (χ0n) is 16.6. The molecule has 1 unspecified atom stereocenters. The molecular formula is C21H35FO5. The number of alkyl halides is 1. The highest BCUT2D eigenvalue weighted by molar-refractivity contribution is 5.69. The number of allylic oxidation sites excluding steroid dienone is 1. The molecule has 156 valence electrons. The summed E-state index contributed by atoms with van der Waals surface area (Å²) in [5, 5.41) is 20.5. The second-order valence-electron chi connectivity index (χ2n) is 7.90. The first-order chi connectivity index (χ1) is 13.0. The lowest BCUT2D eigenvalue weighted by molar-refractivity contribution is -0.140. The number of esters is 1. The van der Waals surface area contributed by atoms with E-state index >= 15 is 0 Å². The van der Waals surface area contributed by atoms with Crippen LogP contribution in [0.5, 0.6) is 0 Å². The van der Waals surface area contributed by atoms with Gasteiger partial charge in [-0.25, -0.2) is 4.39 Å². The maximum Gasteiger partial charge on any atom is 0.305 e. The van der Waals surface area contributed by atoms with Gasteiger partial charge in [0.2, 0.25) is 0 Å². The average Bonchev–Trinajstić information content (AvgIpc) is 3.12. The summed E-state index contributed by atoms with van der Waals surface area (Å²) in [6.45, 7) is 2.13. The number of ether oxygens (including phenoxy) is 2. The molecule has 1 aliphatic carbocycles. The van der Waals surface area contributed by atoms with E-state index < -0.39 is 18.4 Å². The smallest absolute Gasteiger partial charge is 0.305 e. The second kappa shape index (κ2) is 11.1. The minimum absolute atomic E-state index is 0.167. The third-order valence-corrected chi connectivity index (χ3v) is 5.95. The summed E-state index contributed by atoms with van der Waals surface area (Å²) in [6, 6.07) is 0. The van der Waals surface area contributed by atoms with Gasteiger partial charge in [0.15, 0.2) is 0 Å². The molecule has 27 heavy (non-hydrogen) atoms. The van der Waals surface area contributed by atoms with Gasteiger partial charge in [-0.3, -0.25) is 4.79 Å². The number of fused-ring (bicyclic) bond motifs is 1. The Balaban J connectivity index is 1.82. The molecule has 0 amide bonds. The van der Waals surface area contributed by atoms with Gasteiger partial charge in [0.05, 0.1) is 25.4 Å². The summed E-state index contributed by atoms with van der Waals surface area (Å²) in [7, 11) is 1.34. The highest BCUT2D eigenvalue weighted by atomic mass is 19.1. The van der Waals surface area contributed by atoms with Gasteiger partial charge in [0.1, 0.15) is 12.3 Å². The number of aliphatic hydroxyl groups excluding tert-OH is 2. The van der Waals surface area contributed by atoms with E-state index in [2.05, 4.69) is 11.7 Å². The Morgan fingerprint density at radius 2 is 2.15 bits per heavy atom. The molecule has 1 saturated heterocycles. The average molecular weight is 387 g/mol. The van der Waals surface area contributed by atoms with Crippen molar-refractivity contribution in [3.8, 4) is 0 Å². The van der Waals surface area contributed by atoms with Crippen molar-refractivity contribution >= 4 is 5.97 Å². The molecule has 2 aliphatic rings. The van der Waals surface area contributed by atoms with Crippen LogP contribution in [0.4, 0.5) is 4.39 Å². The van der Waals surface area contributed by atoms with Crippen LogP contribution in [0, 0.1) is 11.8 Å². The predicted molar refractivity (Wildman–Crippen MR) is 101 cm³/mol. The van der Waals surface area contributed by atoms with Crippen LogP contribution in [0.1, 0.15) is 64.7 Å². The minimum Gasteiger partial charge on any atom is -0.469 e. The fraction of sp³-hybridized carbons (Fsp3) is 0.857. The Kier molecular flexibility index (Phi) is 9.19. The highest BCUT2D eigenvalue weighted by Crippen LogP contribution is 2.47. The standard InChI is InChI=1S/C21H35FO5/c1-3-4-5-8-14(23)11-12-15-16(24)13-18-20(15)21(22)17(27-18)9-6-7-10-19(25)26-2/h6,9,14-18,20-21,23-24H,3-5,7-8,10-13H2,1-2H3/b9-6+/t14-,15-,16+,17?,18+,20+,21+/m0/s1. The van der Waals surface area contributed by atoms with Crippen molar-refractivity contribution in [3.63, 3.8) is 0 Å². The van der Waals surface area contributed by atoms with Crippen LogP contribution in [-0.4, -0.2) is 53.9 Å². The lowest BCUT2D eigenvalue weighted by atomic mass is 9.84. The molecule has 6 heteroatoms. The molecule has 2 fully saturated rings. The van der Waals surface area contributed by atoms with Gasteiger partial charge in [0.25, 0.3) is 0 Å². The number of aliphatic hydroxyl groups is 2. The molecule has 0 bridgehead atoms. The number of halogens is 1. The molecular weight excluding hydrogens is 351 g/mol. The van der Waals surface area contributed by atoms with E-state index in [9.17, 15) is 19.4 Å². The first kappa shape index (κ1) is 22.3. The largest absolute Gasteiger partial charge is 0.469 e. The maximum absolute atomic E-state index is 15.0.